The van der Waals surface area contributed by atoms with Crippen molar-refractivity contribution >= 4 is 34.0 Å². The molecule has 7 rings (SSSR count). The van der Waals surface area contributed by atoms with Crippen LogP contribution in [0.5, 0.6) is 6.01 Å². The zero-order valence-corrected chi connectivity index (χ0v) is 20.5. The molecule has 3 aliphatic rings. The van der Waals surface area contributed by atoms with Crippen molar-refractivity contribution in [1.29, 1.82) is 0 Å². The normalized spacial score (nSPS) is 19.6. The van der Waals surface area contributed by atoms with E-state index in [9.17, 15) is 4.39 Å². The molecule has 3 aromatic heterocycles. The van der Waals surface area contributed by atoms with Gasteiger partial charge in [-0.3, -0.25) is 9.88 Å². The molecular weight excluding hydrogens is 475 g/mol. The van der Waals surface area contributed by atoms with Crippen LogP contribution in [-0.4, -0.2) is 76.3 Å². The molecule has 0 atom stereocenters. The molecule has 0 bridgehead atoms. The minimum Gasteiger partial charge on any atom is -0.461 e. The first kappa shape index (κ1) is 22.6. The summed E-state index contributed by atoms with van der Waals surface area (Å²) in [6.45, 7) is 6.26. The van der Waals surface area contributed by atoms with Gasteiger partial charge >= 0.3 is 6.01 Å². The number of rotatable bonds is 5. The van der Waals surface area contributed by atoms with Gasteiger partial charge in [-0.1, -0.05) is 0 Å². The van der Waals surface area contributed by atoms with Crippen LogP contribution in [0.4, 0.5) is 16.2 Å². The van der Waals surface area contributed by atoms with Crippen molar-refractivity contribution in [1.82, 2.24) is 30.2 Å². The van der Waals surface area contributed by atoms with E-state index in [2.05, 4.69) is 20.1 Å². The van der Waals surface area contributed by atoms with Gasteiger partial charge in [0.25, 0.3) is 6.01 Å². The fraction of sp³-hybridized carbons (Fsp3) is 0.462. The van der Waals surface area contributed by atoms with Crippen molar-refractivity contribution in [2.75, 3.05) is 56.5 Å². The van der Waals surface area contributed by atoms with E-state index in [1.54, 1.807) is 12.3 Å². The summed E-state index contributed by atoms with van der Waals surface area (Å²) in [5.74, 6) is 0.262. The first-order valence-corrected chi connectivity index (χ1v) is 13.0. The van der Waals surface area contributed by atoms with E-state index in [-0.39, 0.29) is 17.1 Å². The molecule has 3 saturated heterocycles. The number of nitrogens with zero attached hydrogens (tertiary/aromatic N) is 6. The molecule has 11 heteroatoms. The van der Waals surface area contributed by atoms with Crippen LogP contribution >= 0.6 is 0 Å². The third kappa shape index (κ3) is 3.84. The SMILES string of the molecule is Nc1nc2c(-c3cnc4c(N5CCNCC5)nc(OCC56CCCN5CCC6)nc4c3)ccc(F)c2o1. The van der Waals surface area contributed by atoms with Crippen molar-refractivity contribution in [2.45, 2.75) is 31.2 Å². The van der Waals surface area contributed by atoms with Gasteiger partial charge in [0.05, 0.1) is 11.1 Å². The van der Waals surface area contributed by atoms with Crippen molar-refractivity contribution < 1.29 is 13.5 Å². The van der Waals surface area contributed by atoms with Crippen LogP contribution in [0.3, 0.4) is 0 Å². The highest BCUT2D eigenvalue weighted by molar-refractivity contribution is 5.95. The minimum atomic E-state index is -0.511. The summed E-state index contributed by atoms with van der Waals surface area (Å²) in [5.41, 5.74) is 8.98. The van der Waals surface area contributed by atoms with Gasteiger partial charge in [-0.15, -0.1) is 0 Å². The number of pyridine rings is 1. The molecule has 0 radical (unpaired) electrons. The summed E-state index contributed by atoms with van der Waals surface area (Å²) in [4.78, 5) is 23.4. The number of hydrogen-bond acceptors (Lipinski definition) is 10. The third-order valence-electron chi connectivity index (χ3n) is 8.02. The van der Waals surface area contributed by atoms with Crippen molar-refractivity contribution in [3.8, 4) is 17.1 Å². The molecule has 4 aromatic rings. The Morgan fingerprint density at radius 1 is 1.05 bits per heavy atom. The second-order valence-corrected chi connectivity index (χ2v) is 10.2. The van der Waals surface area contributed by atoms with Gasteiger partial charge in [0.1, 0.15) is 17.6 Å². The number of ether oxygens (including phenoxy) is 1. The molecule has 0 saturated carbocycles. The number of benzene rings is 1. The second kappa shape index (κ2) is 8.77. The highest BCUT2D eigenvalue weighted by Gasteiger charge is 2.45. The third-order valence-corrected chi connectivity index (χ3v) is 8.02. The van der Waals surface area contributed by atoms with E-state index in [1.807, 2.05) is 6.07 Å². The number of hydrogen-bond donors (Lipinski definition) is 2. The molecule has 6 heterocycles. The quantitative estimate of drug-likeness (QED) is 0.420. The van der Waals surface area contributed by atoms with Gasteiger partial charge in [0.2, 0.25) is 0 Å². The Kier molecular flexibility index (Phi) is 5.36. The number of nitrogens with one attached hydrogen (secondary N) is 1. The highest BCUT2D eigenvalue weighted by Crippen LogP contribution is 2.39. The predicted octanol–water partition coefficient (Wildman–Crippen LogP) is 2.97. The van der Waals surface area contributed by atoms with E-state index in [1.165, 1.54) is 18.9 Å². The van der Waals surface area contributed by atoms with Crippen molar-refractivity contribution in [2.24, 2.45) is 0 Å². The molecular formula is C26H29FN8O2. The molecule has 0 aliphatic carbocycles. The van der Waals surface area contributed by atoms with Gasteiger partial charge in [-0.25, -0.2) is 4.39 Å². The van der Waals surface area contributed by atoms with Gasteiger partial charge < -0.3 is 25.1 Å². The minimum absolute atomic E-state index is 0.0280. The lowest BCUT2D eigenvalue weighted by Gasteiger charge is -2.32. The summed E-state index contributed by atoms with van der Waals surface area (Å²) in [7, 11) is 0. The Morgan fingerprint density at radius 2 is 1.86 bits per heavy atom. The number of halogens is 1. The van der Waals surface area contributed by atoms with Gasteiger partial charge in [0, 0.05) is 43.5 Å². The number of fused-ring (bicyclic) bond motifs is 3. The topological polar surface area (TPSA) is 118 Å². The zero-order chi connectivity index (χ0) is 25.0. The number of nitrogens with two attached hydrogens (primary N) is 1. The van der Waals surface area contributed by atoms with Crippen LogP contribution in [0.15, 0.2) is 28.8 Å². The van der Waals surface area contributed by atoms with Crippen LogP contribution < -0.4 is 20.7 Å². The standard InChI is InChI=1S/C26H29FN8O2/c27-18-4-3-17(20-22(18)37-24(28)32-20)16-13-19-21(30-14-16)23(34-11-7-29-8-12-34)33-25(31-19)36-15-26-5-1-9-35(26)10-2-6-26/h3-4,13-14,29H,1-2,5-12,15H2,(H2,28,32). The summed E-state index contributed by atoms with van der Waals surface area (Å²) in [5, 5.41) is 3.39. The molecule has 0 unspecified atom stereocenters. The summed E-state index contributed by atoms with van der Waals surface area (Å²) >= 11 is 0. The van der Waals surface area contributed by atoms with Crippen LogP contribution in [0.1, 0.15) is 25.7 Å². The summed E-state index contributed by atoms with van der Waals surface area (Å²) in [6.07, 6.45) is 6.46. The lowest BCUT2D eigenvalue weighted by atomic mass is 9.95. The Bertz CT molecular complexity index is 1470. The summed E-state index contributed by atoms with van der Waals surface area (Å²) < 4.78 is 25.9. The maximum absolute atomic E-state index is 14.3. The molecule has 0 amide bonds. The molecule has 3 aliphatic heterocycles. The van der Waals surface area contributed by atoms with Crippen molar-refractivity contribution in [3.63, 3.8) is 0 Å². The van der Waals surface area contributed by atoms with Crippen molar-refractivity contribution in [3.05, 3.63) is 30.2 Å². The largest absolute Gasteiger partial charge is 0.461 e. The smallest absolute Gasteiger partial charge is 0.319 e. The monoisotopic (exact) mass is 504 g/mol. The number of anilines is 2. The maximum atomic E-state index is 14.3. The van der Waals surface area contributed by atoms with Gasteiger partial charge in [-0.05, 0) is 57.0 Å². The van der Waals surface area contributed by atoms with Gasteiger partial charge in [-0.2, -0.15) is 15.0 Å². The van der Waals surface area contributed by atoms with Crippen LogP contribution in [0, 0.1) is 5.82 Å². The number of nitrogen functional groups attached to an aromatic ring is 1. The Hall–Kier alpha value is -3.57. The van der Waals surface area contributed by atoms with E-state index < -0.39 is 5.82 Å². The fourth-order valence-electron chi connectivity index (χ4n) is 6.18. The Labute approximate surface area is 213 Å². The number of aromatic nitrogens is 4. The average Bonchev–Trinajstić information content (AvgIpc) is 3.61. The predicted molar refractivity (Wildman–Crippen MR) is 138 cm³/mol. The highest BCUT2D eigenvalue weighted by atomic mass is 19.1. The van der Waals surface area contributed by atoms with Gasteiger partial charge in [0.15, 0.2) is 17.2 Å². The molecule has 3 fully saturated rings. The molecule has 10 nitrogen and oxygen atoms in total. The number of oxazole rings is 1. The van der Waals surface area contributed by atoms with E-state index in [0.717, 1.165) is 63.5 Å². The lowest BCUT2D eigenvalue weighted by Crippen LogP contribution is -2.44. The van der Waals surface area contributed by atoms with Crippen LogP contribution in [0.2, 0.25) is 0 Å². The molecule has 1 aromatic carbocycles. The Balaban J connectivity index is 1.30. The molecule has 0 spiro atoms. The average molecular weight is 505 g/mol. The van der Waals surface area contributed by atoms with Crippen LogP contribution in [-0.2, 0) is 0 Å². The maximum Gasteiger partial charge on any atom is 0.319 e. The first-order chi connectivity index (χ1) is 18.1. The lowest BCUT2D eigenvalue weighted by molar-refractivity contribution is 0.108. The first-order valence-electron chi connectivity index (χ1n) is 13.0. The molecule has 192 valence electrons. The van der Waals surface area contributed by atoms with E-state index >= 15 is 0 Å². The Morgan fingerprint density at radius 3 is 2.68 bits per heavy atom. The zero-order valence-electron chi connectivity index (χ0n) is 20.5. The number of piperazine rings is 1. The second-order valence-electron chi connectivity index (χ2n) is 10.2. The fourth-order valence-corrected chi connectivity index (χ4v) is 6.18. The summed E-state index contributed by atoms with van der Waals surface area (Å²) in [6, 6.07) is 5.22. The van der Waals surface area contributed by atoms with E-state index in [4.69, 9.17) is 29.8 Å². The molecule has 37 heavy (non-hydrogen) atoms. The van der Waals surface area contributed by atoms with E-state index in [0.29, 0.717) is 34.7 Å². The van der Waals surface area contributed by atoms with Crippen LogP contribution in [0.25, 0.3) is 33.3 Å². The molecule has 3 N–H and O–H groups in total.